The Morgan fingerprint density at radius 1 is 1.08 bits per heavy atom. The molecule has 0 aliphatic carbocycles. The highest BCUT2D eigenvalue weighted by molar-refractivity contribution is 5.92. The highest BCUT2D eigenvalue weighted by atomic mass is 16.5. The second kappa shape index (κ2) is 8.82. The molecule has 1 unspecified atom stereocenters. The van der Waals surface area contributed by atoms with Crippen LogP contribution in [-0.2, 0) is 0 Å². The second-order valence-corrected chi connectivity index (χ2v) is 5.66. The first kappa shape index (κ1) is 18.4. The maximum atomic E-state index is 5.94. The minimum Gasteiger partial charge on any atom is -0.493 e. The van der Waals surface area contributed by atoms with Crippen molar-refractivity contribution < 1.29 is 14.2 Å². The molecule has 0 heterocycles. The number of hydrogen-bond acceptors (Lipinski definition) is 4. The summed E-state index contributed by atoms with van der Waals surface area (Å²) >= 11 is 0. The van der Waals surface area contributed by atoms with Gasteiger partial charge in [-0.05, 0) is 38.1 Å². The molecule has 1 atom stereocenters. The molecular formula is C19H25N3O3. The number of nitrogens with one attached hydrogen (secondary N) is 1. The lowest BCUT2D eigenvalue weighted by molar-refractivity contribution is 0.230. The molecule has 2 rings (SSSR count). The third-order valence-electron chi connectivity index (χ3n) is 3.53. The van der Waals surface area contributed by atoms with Crippen LogP contribution >= 0.6 is 0 Å². The van der Waals surface area contributed by atoms with E-state index in [-0.39, 0.29) is 6.10 Å². The fraction of sp³-hybridized carbons (Fsp3) is 0.316. The molecule has 0 radical (unpaired) electrons. The summed E-state index contributed by atoms with van der Waals surface area (Å²) in [5, 5.41) is 3.03. The van der Waals surface area contributed by atoms with Gasteiger partial charge in [0.2, 0.25) is 0 Å². The van der Waals surface area contributed by atoms with Crippen molar-refractivity contribution in [1.29, 1.82) is 0 Å². The van der Waals surface area contributed by atoms with Gasteiger partial charge in [-0.15, -0.1) is 0 Å². The fourth-order valence-corrected chi connectivity index (χ4v) is 2.21. The summed E-state index contributed by atoms with van der Waals surface area (Å²) in [7, 11) is 3.18. The zero-order valence-corrected chi connectivity index (χ0v) is 15.1. The quantitative estimate of drug-likeness (QED) is 0.596. The Morgan fingerprint density at radius 2 is 1.76 bits per heavy atom. The highest BCUT2D eigenvalue weighted by Gasteiger charge is 2.06. The number of rotatable bonds is 7. The van der Waals surface area contributed by atoms with Crippen LogP contribution in [-0.4, -0.2) is 32.8 Å². The van der Waals surface area contributed by atoms with Gasteiger partial charge in [0.25, 0.3) is 0 Å². The summed E-state index contributed by atoms with van der Waals surface area (Å²) in [4.78, 5) is 4.32. The minimum absolute atomic E-state index is 0.0894. The van der Waals surface area contributed by atoms with Crippen LogP contribution in [0.15, 0.2) is 47.5 Å². The van der Waals surface area contributed by atoms with Gasteiger partial charge in [-0.25, -0.2) is 4.99 Å². The average Bonchev–Trinajstić information content (AvgIpc) is 2.62. The molecule has 0 aromatic heterocycles. The number of anilines is 1. The molecular weight excluding hydrogens is 318 g/mol. The molecule has 2 aromatic rings. The molecule has 3 N–H and O–H groups in total. The van der Waals surface area contributed by atoms with Gasteiger partial charge in [0.1, 0.15) is 11.9 Å². The molecule has 0 saturated heterocycles. The molecule has 0 spiro atoms. The van der Waals surface area contributed by atoms with Gasteiger partial charge in [-0.2, -0.15) is 0 Å². The lowest BCUT2D eigenvalue weighted by Gasteiger charge is -2.14. The third kappa shape index (κ3) is 5.60. The molecule has 0 amide bonds. The number of guanidine groups is 1. The summed E-state index contributed by atoms with van der Waals surface area (Å²) in [5.41, 5.74) is 7.91. The van der Waals surface area contributed by atoms with Crippen LogP contribution in [0.25, 0.3) is 0 Å². The first-order valence-corrected chi connectivity index (χ1v) is 8.04. The van der Waals surface area contributed by atoms with Crippen molar-refractivity contribution in [2.24, 2.45) is 10.7 Å². The van der Waals surface area contributed by atoms with Crippen molar-refractivity contribution in [3.63, 3.8) is 0 Å². The molecule has 134 valence electrons. The van der Waals surface area contributed by atoms with Crippen molar-refractivity contribution in [2.75, 3.05) is 26.1 Å². The van der Waals surface area contributed by atoms with Crippen LogP contribution < -0.4 is 25.3 Å². The van der Waals surface area contributed by atoms with Gasteiger partial charge in [0.15, 0.2) is 17.5 Å². The highest BCUT2D eigenvalue weighted by Crippen LogP contribution is 2.29. The fourth-order valence-electron chi connectivity index (χ4n) is 2.21. The second-order valence-electron chi connectivity index (χ2n) is 5.66. The Balaban J connectivity index is 1.91. The summed E-state index contributed by atoms with van der Waals surface area (Å²) in [6.07, 6.45) is -0.0894. The van der Waals surface area contributed by atoms with E-state index in [0.717, 1.165) is 11.4 Å². The largest absolute Gasteiger partial charge is 0.493 e. The Hall–Kier alpha value is -2.89. The minimum atomic E-state index is -0.0894. The van der Waals surface area contributed by atoms with Crippen LogP contribution in [0.5, 0.6) is 17.2 Å². The molecule has 0 fully saturated rings. The van der Waals surface area contributed by atoms with Gasteiger partial charge in [0, 0.05) is 11.8 Å². The number of ether oxygens (including phenoxy) is 3. The van der Waals surface area contributed by atoms with Gasteiger partial charge in [-0.1, -0.05) is 17.7 Å². The third-order valence-corrected chi connectivity index (χ3v) is 3.53. The van der Waals surface area contributed by atoms with Crippen LogP contribution in [0.1, 0.15) is 12.5 Å². The molecule has 0 aliphatic rings. The first-order valence-electron chi connectivity index (χ1n) is 8.04. The lowest BCUT2D eigenvalue weighted by atomic mass is 10.2. The number of aryl methyl sites for hydroxylation is 1. The number of hydrogen-bond donors (Lipinski definition) is 2. The van der Waals surface area contributed by atoms with Gasteiger partial charge >= 0.3 is 0 Å². The molecule has 2 aromatic carbocycles. The smallest absolute Gasteiger partial charge is 0.193 e. The number of aliphatic imine (C=N–C) groups is 1. The predicted octanol–water partition coefficient (Wildman–Crippen LogP) is 3.21. The summed E-state index contributed by atoms with van der Waals surface area (Å²) in [6.45, 7) is 4.44. The van der Waals surface area contributed by atoms with E-state index in [1.165, 1.54) is 5.56 Å². The van der Waals surface area contributed by atoms with Crippen LogP contribution in [0.3, 0.4) is 0 Å². The molecule has 25 heavy (non-hydrogen) atoms. The van der Waals surface area contributed by atoms with Gasteiger partial charge in [0.05, 0.1) is 20.8 Å². The summed E-state index contributed by atoms with van der Waals surface area (Å²) < 4.78 is 16.3. The van der Waals surface area contributed by atoms with E-state index >= 15 is 0 Å². The van der Waals surface area contributed by atoms with Crippen molar-refractivity contribution in [3.05, 3.63) is 48.0 Å². The van der Waals surface area contributed by atoms with E-state index in [2.05, 4.69) is 10.3 Å². The van der Waals surface area contributed by atoms with Crippen molar-refractivity contribution in [3.8, 4) is 17.2 Å². The van der Waals surface area contributed by atoms with E-state index < -0.39 is 0 Å². The Labute approximate surface area is 148 Å². The zero-order chi connectivity index (χ0) is 18.2. The Morgan fingerprint density at radius 3 is 2.40 bits per heavy atom. The number of methoxy groups -OCH3 is 2. The first-order chi connectivity index (χ1) is 12.0. The standard InChI is InChI=1S/C19H25N3O3/c1-13-5-8-16(9-6-13)25-14(2)12-21-19(20)22-15-7-10-17(23-3)18(11-15)24-4/h5-11,14H,12H2,1-4H3,(H3,20,21,22). The molecule has 0 saturated carbocycles. The average molecular weight is 343 g/mol. The SMILES string of the molecule is COc1ccc(NC(N)=NCC(C)Oc2ccc(C)cc2)cc1OC. The van der Waals surface area contributed by atoms with Crippen LogP contribution in [0, 0.1) is 6.92 Å². The van der Waals surface area contributed by atoms with Crippen LogP contribution in [0.4, 0.5) is 5.69 Å². The normalized spacial score (nSPS) is 12.4. The molecule has 6 heteroatoms. The number of nitrogens with zero attached hydrogens (tertiary/aromatic N) is 1. The van der Waals surface area contributed by atoms with E-state index in [9.17, 15) is 0 Å². The number of nitrogens with two attached hydrogens (primary N) is 1. The Kier molecular flexibility index (Phi) is 6.51. The van der Waals surface area contributed by atoms with Crippen LogP contribution in [0.2, 0.25) is 0 Å². The van der Waals surface area contributed by atoms with Crippen molar-refractivity contribution in [2.45, 2.75) is 20.0 Å². The van der Waals surface area contributed by atoms with E-state index in [1.807, 2.05) is 44.2 Å². The lowest BCUT2D eigenvalue weighted by Crippen LogP contribution is -2.25. The van der Waals surface area contributed by atoms with Gasteiger partial charge in [-0.3, -0.25) is 0 Å². The maximum Gasteiger partial charge on any atom is 0.193 e. The molecule has 0 aliphatic heterocycles. The van der Waals surface area contributed by atoms with Gasteiger partial charge < -0.3 is 25.3 Å². The van der Waals surface area contributed by atoms with Crippen molar-refractivity contribution in [1.82, 2.24) is 0 Å². The molecule has 6 nitrogen and oxygen atoms in total. The number of benzene rings is 2. The van der Waals surface area contributed by atoms with E-state index in [4.69, 9.17) is 19.9 Å². The topological polar surface area (TPSA) is 78.1 Å². The van der Waals surface area contributed by atoms with E-state index in [1.54, 1.807) is 26.4 Å². The zero-order valence-electron chi connectivity index (χ0n) is 15.1. The maximum absolute atomic E-state index is 5.94. The predicted molar refractivity (Wildman–Crippen MR) is 101 cm³/mol. The molecule has 0 bridgehead atoms. The van der Waals surface area contributed by atoms with Crippen molar-refractivity contribution >= 4 is 11.6 Å². The summed E-state index contributed by atoms with van der Waals surface area (Å²) in [5.74, 6) is 2.41. The monoisotopic (exact) mass is 343 g/mol. The van der Waals surface area contributed by atoms with E-state index in [0.29, 0.717) is 24.0 Å². The summed E-state index contributed by atoms with van der Waals surface area (Å²) in [6, 6.07) is 13.4. The Bertz CT molecular complexity index is 714.